The molecule has 2 N–H and O–H groups in total. The van der Waals surface area contributed by atoms with Gasteiger partial charge in [-0.3, -0.25) is 0 Å². The second kappa shape index (κ2) is 6.57. The predicted octanol–water partition coefficient (Wildman–Crippen LogP) is 0.728. The average molecular weight is 250 g/mol. The van der Waals surface area contributed by atoms with E-state index in [9.17, 15) is 8.42 Å². The fraction of sp³-hybridized carbons (Fsp3) is 1.00. The lowest BCUT2D eigenvalue weighted by Crippen LogP contribution is -2.28. The predicted molar refractivity (Wildman–Crippen MR) is 69.3 cm³/mol. The lowest BCUT2D eigenvalue weighted by molar-refractivity contribution is 0.286. The van der Waals surface area contributed by atoms with Crippen molar-refractivity contribution in [3.8, 4) is 0 Å². The molecule has 98 valence electrons. The molecule has 0 unspecified atom stereocenters. The summed E-state index contributed by atoms with van der Waals surface area (Å²) in [6.45, 7) is 6.55. The van der Waals surface area contributed by atoms with Crippen LogP contribution in [0.1, 0.15) is 26.7 Å². The summed E-state index contributed by atoms with van der Waals surface area (Å²) in [7, 11) is -0.880. The normalized spacial score (nSPS) is 13.4. The minimum Gasteiger partial charge on any atom is -0.330 e. The molecule has 0 aliphatic rings. The highest BCUT2D eigenvalue weighted by atomic mass is 32.2. The van der Waals surface area contributed by atoms with Gasteiger partial charge in [0.05, 0.1) is 5.75 Å². The Morgan fingerprint density at radius 1 is 1.25 bits per heavy atom. The number of rotatable bonds is 8. The Morgan fingerprint density at radius 2 is 1.81 bits per heavy atom. The molecular weight excluding hydrogens is 224 g/mol. The highest BCUT2D eigenvalue weighted by Crippen LogP contribution is 2.20. The number of hydrogen-bond donors (Lipinski definition) is 1. The van der Waals surface area contributed by atoms with Crippen molar-refractivity contribution in [1.82, 2.24) is 4.90 Å². The summed E-state index contributed by atoms with van der Waals surface area (Å²) in [6, 6.07) is 0. The molecule has 0 rings (SSSR count). The van der Waals surface area contributed by atoms with E-state index in [1.54, 1.807) is 0 Å². The summed E-state index contributed by atoms with van der Waals surface area (Å²) >= 11 is 0. The first-order valence-corrected chi connectivity index (χ1v) is 7.79. The molecule has 0 aliphatic heterocycles. The lowest BCUT2D eigenvalue weighted by Gasteiger charge is -2.24. The Morgan fingerprint density at radius 3 is 2.25 bits per heavy atom. The molecule has 0 radical (unpaired) electrons. The fourth-order valence-corrected chi connectivity index (χ4v) is 2.01. The zero-order valence-corrected chi connectivity index (χ0v) is 11.8. The summed E-state index contributed by atoms with van der Waals surface area (Å²) in [6.07, 6.45) is 3.41. The summed E-state index contributed by atoms with van der Waals surface area (Å²) in [4.78, 5) is 2.06. The van der Waals surface area contributed by atoms with Gasteiger partial charge in [0.15, 0.2) is 0 Å². The topological polar surface area (TPSA) is 63.4 Å². The van der Waals surface area contributed by atoms with Crippen LogP contribution in [0, 0.1) is 5.41 Å². The molecular formula is C11H26N2O2S. The summed E-state index contributed by atoms with van der Waals surface area (Å²) in [5.41, 5.74) is 5.84. The SMILES string of the molecule is CN(CCCC(C)(C)CN)CCS(C)(=O)=O. The maximum absolute atomic E-state index is 11.0. The van der Waals surface area contributed by atoms with Gasteiger partial charge in [-0.05, 0) is 38.4 Å². The van der Waals surface area contributed by atoms with Gasteiger partial charge in [-0.15, -0.1) is 0 Å². The fourth-order valence-electron chi connectivity index (χ4n) is 1.36. The van der Waals surface area contributed by atoms with Gasteiger partial charge in [-0.25, -0.2) is 8.42 Å². The van der Waals surface area contributed by atoms with Crippen molar-refractivity contribution in [1.29, 1.82) is 0 Å². The number of hydrogen-bond acceptors (Lipinski definition) is 4. The lowest BCUT2D eigenvalue weighted by atomic mass is 9.88. The van der Waals surface area contributed by atoms with Crippen LogP contribution < -0.4 is 5.73 Å². The Labute approximate surface area is 100 Å². The van der Waals surface area contributed by atoms with Crippen LogP contribution in [0.5, 0.6) is 0 Å². The van der Waals surface area contributed by atoms with E-state index in [4.69, 9.17) is 5.73 Å². The zero-order valence-electron chi connectivity index (χ0n) is 11.0. The van der Waals surface area contributed by atoms with Gasteiger partial charge in [0.2, 0.25) is 0 Å². The Bertz CT molecular complexity index is 286. The van der Waals surface area contributed by atoms with Crippen molar-refractivity contribution < 1.29 is 8.42 Å². The van der Waals surface area contributed by atoms with Crippen LogP contribution >= 0.6 is 0 Å². The van der Waals surface area contributed by atoms with Gasteiger partial charge in [-0.1, -0.05) is 13.8 Å². The van der Waals surface area contributed by atoms with Gasteiger partial charge in [0, 0.05) is 12.8 Å². The zero-order chi connectivity index (χ0) is 12.8. The van der Waals surface area contributed by atoms with E-state index in [1.165, 1.54) is 6.26 Å². The van der Waals surface area contributed by atoms with Crippen LogP contribution in [0.2, 0.25) is 0 Å². The van der Waals surface area contributed by atoms with Gasteiger partial charge < -0.3 is 10.6 Å². The van der Waals surface area contributed by atoms with Crippen molar-refractivity contribution in [3.63, 3.8) is 0 Å². The molecule has 0 saturated carbocycles. The third-order valence-corrected chi connectivity index (χ3v) is 3.71. The minimum atomic E-state index is -2.84. The smallest absolute Gasteiger partial charge is 0.148 e. The standard InChI is InChI=1S/C11H26N2O2S/c1-11(2,10-12)6-5-7-13(3)8-9-16(4,14)15/h5-10,12H2,1-4H3. The quantitative estimate of drug-likeness (QED) is 0.690. The van der Waals surface area contributed by atoms with E-state index in [1.807, 2.05) is 7.05 Å². The van der Waals surface area contributed by atoms with Crippen molar-refractivity contribution in [2.24, 2.45) is 11.1 Å². The number of sulfone groups is 1. The van der Waals surface area contributed by atoms with Gasteiger partial charge >= 0.3 is 0 Å². The molecule has 0 fully saturated rings. The highest BCUT2D eigenvalue weighted by Gasteiger charge is 2.15. The molecule has 0 bridgehead atoms. The van der Waals surface area contributed by atoms with E-state index in [0.717, 1.165) is 19.4 Å². The maximum Gasteiger partial charge on any atom is 0.148 e. The van der Waals surface area contributed by atoms with Gasteiger partial charge in [0.1, 0.15) is 9.84 Å². The highest BCUT2D eigenvalue weighted by molar-refractivity contribution is 7.90. The van der Waals surface area contributed by atoms with Crippen molar-refractivity contribution >= 4 is 9.84 Å². The Hall–Kier alpha value is -0.130. The van der Waals surface area contributed by atoms with E-state index >= 15 is 0 Å². The summed E-state index contributed by atoms with van der Waals surface area (Å²) in [5, 5.41) is 0. The molecule has 0 aromatic carbocycles. The largest absolute Gasteiger partial charge is 0.330 e. The second-order valence-electron chi connectivity index (χ2n) is 5.41. The molecule has 0 saturated heterocycles. The monoisotopic (exact) mass is 250 g/mol. The average Bonchev–Trinajstić information content (AvgIpc) is 2.13. The first-order chi connectivity index (χ1) is 7.16. The van der Waals surface area contributed by atoms with Crippen molar-refractivity contribution in [2.45, 2.75) is 26.7 Å². The van der Waals surface area contributed by atoms with E-state index in [0.29, 0.717) is 13.1 Å². The molecule has 0 aromatic rings. The van der Waals surface area contributed by atoms with Crippen LogP contribution in [-0.2, 0) is 9.84 Å². The molecule has 5 heteroatoms. The van der Waals surface area contributed by atoms with Crippen LogP contribution in [-0.4, -0.2) is 52.0 Å². The molecule has 0 heterocycles. The van der Waals surface area contributed by atoms with Crippen molar-refractivity contribution in [2.75, 3.05) is 38.7 Å². The Kier molecular flexibility index (Phi) is 6.51. The van der Waals surface area contributed by atoms with Crippen LogP contribution in [0.15, 0.2) is 0 Å². The molecule has 0 aromatic heterocycles. The molecule has 0 aliphatic carbocycles. The van der Waals surface area contributed by atoms with E-state index in [-0.39, 0.29) is 11.2 Å². The third-order valence-electron chi connectivity index (χ3n) is 2.79. The summed E-state index contributed by atoms with van der Waals surface area (Å²) < 4.78 is 21.9. The van der Waals surface area contributed by atoms with Crippen molar-refractivity contribution in [3.05, 3.63) is 0 Å². The third kappa shape index (κ3) is 9.12. The van der Waals surface area contributed by atoms with E-state index in [2.05, 4.69) is 18.7 Å². The number of nitrogens with zero attached hydrogens (tertiary/aromatic N) is 1. The number of nitrogens with two attached hydrogens (primary N) is 1. The van der Waals surface area contributed by atoms with Crippen LogP contribution in [0.25, 0.3) is 0 Å². The molecule has 16 heavy (non-hydrogen) atoms. The van der Waals surface area contributed by atoms with Gasteiger partial charge in [-0.2, -0.15) is 0 Å². The van der Waals surface area contributed by atoms with Gasteiger partial charge in [0.25, 0.3) is 0 Å². The first kappa shape index (κ1) is 15.9. The molecule has 0 amide bonds. The van der Waals surface area contributed by atoms with Crippen LogP contribution in [0.3, 0.4) is 0 Å². The molecule has 4 nitrogen and oxygen atoms in total. The second-order valence-corrected chi connectivity index (χ2v) is 7.66. The van der Waals surface area contributed by atoms with E-state index < -0.39 is 9.84 Å². The Balaban J connectivity index is 3.71. The molecule has 0 spiro atoms. The minimum absolute atomic E-state index is 0.192. The molecule has 0 atom stereocenters. The summed E-state index contributed by atoms with van der Waals surface area (Å²) in [5.74, 6) is 0.240. The maximum atomic E-state index is 11.0. The van der Waals surface area contributed by atoms with Crippen LogP contribution in [0.4, 0.5) is 0 Å². The first-order valence-electron chi connectivity index (χ1n) is 5.73.